The lowest BCUT2D eigenvalue weighted by Crippen LogP contribution is -2.30. The quantitative estimate of drug-likeness (QED) is 0.709. The van der Waals surface area contributed by atoms with Gasteiger partial charge in [0.1, 0.15) is 23.1 Å². The molecule has 0 aliphatic carbocycles. The third kappa shape index (κ3) is 3.87. The number of nitrogens with one attached hydrogen (secondary N) is 1. The second-order valence-corrected chi connectivity index (χ2v) is 5.85. The molecular formula is C19H21N3O2. The van der Waals surface area contributed by atoms with Crippen LogP contribution >= 0.6 is 0 Å². The van der Waals surface area contributed by atoms with E-state index in [-0.39, 0.29) is 5.75 Å². The Morgan fingerprint density at radius 3 is 2.58 bits per heavy atom. The van der Waals surface area contributed by atoms with Crippen molar-refractivity contribution in [1.82, 2.24) is 9.97 Å². The monoisotopic (exact) mass is 323 g/mol. The Kier molecular flexibility index (Phi) is 4.70. The molecule has 5 nitrogen and oxygen atoms in total. The Balaban J connectivity index is 1.80. The van der Waals surface area contributed by atoms with E-state index in [0.717, 1.165) is 17.3 Å². The topological polar surface area (TPSA) is 61.4 Å². The molecule has 0 spiro atoms. The number of aromatic hydroxyl groups is 1. The van der Waals surface area contributed by atoms with Crippen LogP contribution in [0.25, 0.3) is 0 Å². The van der Waals surface area contributed by atoms with Crippen molar-refractivity contribution in [2.75, 3.05) is 4.90 Å². The SMILES string of the molecule is CC(C)N(Cc1ncc[nH]1)c1cccc(Oc2ccc(O)cc2)c1. The minimum Gasteiger partial charge on any atom is -0.508 e. The van der Waals surface area contributed by atoms with Gasteiger partial charge in [-0.25, -0.2) is 4.98 Å². The Labute approximate surface area is 141 Å². The second kappa shape index (κ2) is 7.08. The minimum atomic E-state index is 0.223. The third-order valence-corrected chi connectivity index (χ3v) is 3.72. The van der Waals surface area contributed by atoms with Crippen molar-refractivity contribution < 1.29 is 9.84 Å². The highest BCUT2D eigenvalue weighted by Gasteiger charge is 2.13. The number of phenolic OH excluding ortho intramolecular Hbond substituents is 1. The first kappa shape index (κ1) is 15.9. The summed E-state index contributed by atoms with van der Waals surface area (Å²) in [5.74, 6) is 2.59. The molecule has 0 unspecified atom stereocenters. The molecule has 0 amide bonds. The van der Waals surface area contributed by atoms with E-state index in [1.165, 1.54) is 0 Å². The fourth-order valence-corrected chi connectivity index (χ4v) is 2.49. The van der Waals surface area contributed by atoms with Gasteiger partial charge >= 0.3 is 0 Å². The maximum absolute atomic E-state index is 9.35. The number of benzene rings is 2. The number of phenols is 1. The molecule has 0 fully saturated rings. The second-order valence-electron chi connectivity index (χ2n) is 5.85. The van der Waals surface area contributed by atoms with Crippen LogP contribution in [-0.4, -0.2) is 21.1 Å². The lowest BCUT2D eigenvalue weighted by molar-refractivity contribution is 0.464. The molecule has 1 aromatic heterocycles. The molecule has 0 atom stereocenters. The van der Waals surface area contributed by atoms with Gasteiger partial charge in [-0.3, -0.25) is 0 Å². The van der Waals surface area contributed by atoms with Crippen molar-refractivity contribution >= 4 is 5.69 Å². The van der Waals surface area contributed by atoms with Gasteiger partial charge in [0.05, 0.1) is 6.54 Å². The summed E-state index contributed by atoms with van der Waals surface area (Å²) >= 11 is 0. The normalized spacial score (nSPS) is 10.8. The summed E-state index contributed by atoms with van der Waals surface area (Å²) in [6.07, 6.45) is 3.59. The number of H-pyrrole nitrogens is 1. The Hall–Kier alpha value is -2.95. The van der Waals surface area contributed by atoms with Crippen LogP contribution in [0.1, 0.15) is 19.7 Å². The van der Waals surface area contributed by atoms with E-state index in [1.54, 1.807) is 30.5 Å². The molecule has 0 aliphatic heterocycles. The zero-order chi connectivity index (χ0) is 16.9. The van der Waals surface area contributed by atoms with E-state index in [0.29, 0.717) is 18.3 Å². The van der Waals surface area contributed by atoms with Crippen LogP contribution in [0.2, 0.25) is 0 Å². The van der Waals surface area contributed by atoms with Crippen LogP contribution in [0.15, 0.2) is 60.9 Å². The first-order valence-corrected chi connectivity index (χ1v) is 7.93. The van der Waals surface area contributed by atoms with E-state index in [1.807, 2.05) is 24.4 Å². The largest absolute Gasteiger partial charge is 0.508 e. The van der Waals surface area contributed by atoms with Gasteiger partial charge < -0.3 is 19.7 Å². The van der Waals surface area contributed by atoms with E-state index in [4.69, 9.17) is 4.74 Å². The molecule has 3 aromatic rings. The lowest BCUT2D eigenvalue weighted by atomic mass is 10.2. The highest BCUT2D eigenvalue weighted by molar-refractivity contribution is 5.52. The molecule has 124 valence electrons. The Morgan fingerprint density at radius 2 is 1.92 bits per heavy atom. The van der Waals surface area contributed by atoms with Crippen LogP contribution in [0.4, 0.5) is 5.69 Å². The summed E-state index contributed by atoms with van der Waals surface area (Å²) in [6, 6.07) is 15.0. The summed E-state index contributed by atoms with van der Waals surface area (Å²) in [5.41, 5.74) is 1.07. The molecule has 1 heterocycles. The summed E-state index contributed by atoms with van der Waals surface area (Å²) in [5, 5.41) is 9.35. The Morgan fingerprint density at radius 1 is 1.12 bits per heavy atom. The highest BCUT2D eigenvalue weighted by Crippen LogP contribution is 2.28. The molecule has 0 saturated heterocycles. The van der Waals surface area contributed by atoms with Gasteiger partial charge in [-0.2, -0.15) is 0 Å². The highest BCUT2D eigenvalue weighted by atomic mass is 16.5. The summed E-state index contributed by atoms with van der Waals surface area (Å²) < 4.78 is 5.88. The van der Waals surface area contributed by atoms with E-state index < -0.39 is 0 Å². The molecule has 0 radical (unpaired) electrons. The van der Waals surface area contributed by atoms with Gasteiger partial charge in [-0.1, -0.05) is 6.07 Å². The van der Waals surface area contributed by atoms with Gasteiger partial charge in [0, 0.05) is 30.2 Å². The zero-order valence-corrected chi connectivity index (χ0v) is 13.8. The minimum absolute atomic E-state index is 0.223. The van der Waals surface area contributed by atoms with E-state index >= 15 is 0 Å². The first-order valence-electron chi connectivity index (χ1n) is 7.93. The number of aromatic amines is 1. The molecule has 0 saturated carbocycles. The van der Waals surface area contributed by atoms with Crippen LogP contribution in [0.5, 0.6) is 17.2 Å². The lowest BCUT2D eigenvalue weighted by Gasteiger charge is -2.28. The van der Waals surface area contributed by atoms with Crippen molar-refractivity contribution in [3.05, 3.63) is 66.7 Å². The number of hydrogen-bond acceptors (Lipinski definition) is 4. The van der Waals surface area contributed by atoms with Gasteiger partial charge in [0.25, 0.3) is 0 Å². The average molecular weight is 323 g/mol. The molecule has 2 N–H and O–H groups in total. The van der Waals surface area contributed by atoms with Crippen LogP contribution in [-0.2, 0) is 6.54 Å². The zero-order valence-electron chi connectivity index (χ0n) is 13.8. The number of ether oxygens (including phenoxy) is 1. The predicted molar refractivity (Wildman–Crippen MR) is 94.5 cm³/mol. The average Bonchev–Trinajstić information content (AvgIpc) is 3.08. The number of aromatic nitrogens is 2. The molecular weight excluding hydrogens is 302 g/mol. The first-order chi connectivity index (χ1) is 11.6. The Bertz CT molecular complexity index is 768. The number of rotatable bonds is 6. The molecule has 0 bridgehead atoms. The fraction of sp³-hybridized carbons (Fsp3) is 0.211. The van der Waals surface area contributed by atoms with Crippen LogP contribution in [0.3, 0.4) is 0 Å². The van der Waals surface area contributed by atoms with Crippen LogP contribution < -0.4 is 9.64 Å². The maximum Gasteiger partial charge on any atom is 0.129 e. The molecule has 24 heavy (non-hydrogen) atoms. The van der Waals surface area contributed by atoms with Gasteiger partial charge in [0.15, 0.2) is 0 Å². The van der Waals surface area contributed by atoms with Crippen molar-refractivity contribution in [3.63, 3.8) is 0 Å². The predicted octanol–water partition coefficient (Wildman–Crippen LogP) is 4.32. The van der Waals surface area contributed by atoms with Crippen LogP contribution in [0, 0.1) is 0 Å². The van der Waals surface area contributed by atoms with Crippen molar-refractivity contribution in [3.8, 4) is 17.2 Å². The summed E-state index contributed by atoms with van der Waals surface area (Å²) in [4.78, 5) is 9.71. The third-order valence-electron chi connectivity index (χ3n) is 3.72. The summed E-state index contributed by atoms with van der Waals surface area (Å²) in [7, 11) is 0. The maximum atomic E-state index is 9.35. The van der Waals surface area contributed by atoms with E-state index in [2.05, 4.69) is 34.8 Å². The standard InChI is InChI=1S/C19H21N3O2/c1-14(2)22(13-19-20-10-11-21-19)15-4-3-5-18(12-15)24-17-8-6-16(23)7-9-17/h3-12,14,23H,13H2,1-2H3,(H,20,21). The van der Waals surface area contributed by atoms with E-state index in [9.17, 15) is 5.11 Å². The molecule has 2 aromatic carbocycles. The van der Waals surface area contributed by atoms with Gasteiger partial charge in [0.2, 0.25) is 0 Å². The summed E-state index contributed by atoms with van der Waals surface area (Å²) in [6.45, 7) is 5.00. The van der Waals surface area contributed by atoms with Crippen molar-refractivity contribution in [1.29, 1.82) is 0 Å². The van der Waals surface area contributed by atoms with Crippen molar-refractivity contribution in [2.45, 2.75) is 26.4 Å². The number of hydrogen-bond donors (Lipinski definition) is 2. The number of anilines is 1. The van der Waals surface area contributed by atoms with Crippen molar-refractivity contribution in [2.24, 2.45) is 0 Å². The molecule has 5 heteroatoms. The number of imidazole rings is 1. The fourth-order valence-electron chi connectivity index (χ4n) is 2.49. The van der Waals surface area contributed by atoms with Gasteiger partial charge in [-0.15, -0.1) is 0 Å². The van der Waals surface area contributed by atoms with Gasteiger partial charge in [-0.05, 0) is 50.2 Å². The smallest absolute Gasteiger partial charge is 0.129 e. The molecule has 0 aliphatic rings. The number of nitrogens with zero attached hydrogens (tertiary/aromatic N) is 2. The molecule has 3 rings (SSSR count).